The van der Waals surface area contributed by atoms with Gasteiger partial charge in [0.1, 0.15) is 11.8 Å². The third-order valence-electron chi connectivity index (χ3n) is 2.50. The highest BCUT2D eigenvalue weighted by Crippen LogP contribution is 2.23. The minimum Gasteiger partial charge on any atom is -0.464 e. The number of hydrogen-bond acceptors (Lipinski definition) is 6. The summed E-state index contributed by atoms with van der Waals surface area (Å²) >= 11 is 0. The molecule has 1 aliphatic rings. The molecule has 1 atom stereocenters. The van der Waals surface area contributed by atoms with Crippen molar-refractivity contribution in [3.63, 3.8) is 0 Å². The topological polar surface area (TPSA) is 82.1 Å². The number of rotatable bonds is 3. The zero-order chi connectivity index (χ0) is 14.4. The Morgan fingerprint density at radius 2 is 2.11 bits per heavy atom. The largest absolute Gasteiger partial charge is 0.464 e. The lowest BCUT2D eigenvalue weighted by Gasteiger charge is -2.30. The number of esters is 2. The smallest absolute Gasteiger partial charge is 0.414 e. The quantitative estimate of drug-likeness (QED) is 0.566. The first-order chi connectivity index (χ1) is 8.99. The van der Waals surface area contributed by atoms with E-state index in [4.69, 9.17) is 9.47 Å². The highest BCUT2D eigenvalue weighted by atomic mass is 16.6. The van der Waals surface area contributed by atoms with Gasteiger partial charge in [0.25, 0.3) is 0 Å². The number of amides is 1. The molecule has 7 nitrogen and oxygen atoms in total. The van der Waals surface area contributed by atoms with Gasteiger partial charge in [-0.2, -0.15) is 0 Å². The van der Waals surface area contributed by atoms with Gasteiger partial charge in [-0.1, -0.05) is 0 Å². The second-order valence-electron chi connectivity index (χ2n) is 3.87. The summed E-state index contributed by atoms with van der Waals surface area (Å²) in [6.07, 6.45) is 1.28. The van der Waals surface area contributed by atoms with Crippen LogP contribution >= 0.6 is 0 Å². The van der Waals surface area contributed by atoms with Gasteiger partial charge < -0.3 is 14.2 Å². The molecule has 0 aromatic carbocycles. The minimum absolute atomic E-state index is 0.227. The number of nitrogens with zero attached hydrogens (tertiary/aromatic N) is 1. The standard InChI is InChI=1S/C12H17NO6/c1-4-18-11(15)10-6-5-9(19-8(2)14)7-13(10)12(16)17-3/h7,10H,4-6H2,1-3H3/t10-/m0/s1. The summed E-state index contributed by atoms with van der Waals surface area (Å²) in [5, 5.41) is 0. The molecule has 0 radical (unpaired) electrons. The van der Waals surface area contributed by atoms with Gasteiger partial charge in [0.05, 0.1) is 13.7 Å². The lowest BCUT2D eigenvalue weighted by atomic mass is 10.1. The van der Waals surface area contributed by atoms with Crippen molar-refractivity contribution in [2.24, 2.45) is 0 Å². The second-order valence-corrected chi connectivity index (χ2v) is 3.87. The predicted octanol–water partition coefficient (Wildman–Crippen LogP) is 1.18. The van der Waals surface area contributed by atoms with E-state index in [0.717, 1.165) is 4.90 Å². The Morgan fingerprint density at radius 3 is 2.63 bits per heavy atom. The van der Waals surface area contributed by atoms with Crippen LogP contribution in [-0.4, -0.2) is 42.7 Å². The molecule has 0 bridgehead atoms. The molecule has 0 saturated carbocycles. The summed E-state index contributed by atoms with van der Waals surface area (Å²) < 4.78 is 14.4. The van der Waals surface area contributed by atoms with Gasteiger partial charge >= 0.3 is 18.0 Å². The van der Waals surface area contributed by atoms with Crippen LogP contribution in [0, 0.1) is 0 Å². The molecule has 19 heavy (non-hydrogen) atoms. The van der Waals surface area contributed by atoms with Gasteiger partial charge in [0.15, 0.2) is 0 Å². The van der Waals surface area contributed by atoms with Gasteiger partial charge in [-0.3, -0.25) is 9.69 Å². The van der Waals surface area contributed by atoms with E-state index in [9.17, 15) is 14.4 Å². The molecule has 0 N–H and O–H groups in total. The molecular formula is C12H17NO6. The molecule has 0 saturated heterocycles. The maximum Gasteiger partial charge on any atom is 0.414 e. The van der Waals surface area contributed by atoms with E-state index in [0.29, 0.717) is 18.6 Å². The summed E-state index contributed by atoms with van der Waals surface area (Å²) in [6, 6.07) is -0.758. The van der Waals surface area contributed by atoms with Gasteiger partial charge in [-0.25, -0.2) is 9.59 Å². The zero-order valence-electron chi connectivity index (χ0n) is 11.2. The highest BCUT2D eigenvalue weighted by molar-refractivity contribution is 5.82. The monoisotopic (exact) mass is 271 g/mol. The molecule has 0 spiro atoms. The summed E-state index contributed by atoms with van der Waals surface area (Å²) in [4.78, 5) is 35.3. The molecule has 0 fully saturated rings. The van der Waals surface area contributed by atoms with Crippen LogP contribution in [0.3, 0.4) is 0 Å². The van der Waals surface area contributed by atoms with Crippen LogP contribution in [-0.2, 0) is 23.8 Å². The Bertz CT molecular complexity index is 403. The van der Waals surface area contributed by atoms with Crippen LogP contribution < -0.4 is 0 Å². The Balaban J connectivity index is 2.90. The molecule has 1 aliphatic heterocycles. The van der Waals surface area contributed by atoms with E-state index in [-0.39, 0.29) is 6.61 Å². The van der Waals surface area contributed by atoms with Crippen molar-refractivity contribution >= 4 is 18.0 Å². The lowest BCUT2D eigenvalue weighted by Crippen LogP contribution is -2.45. The van der Waals surface area contributed by atoms with Gasteiger partial charge in [-0.05, 0) is 13.3 Å². The second kappa shape index (κ2) is 6.77. The molecule has 1 amide bonds. The molecule has 1 rings (SSSR count). The van der Waals surface area contributed by atoms with Crippen molar-refractivity contribution in [3.05, 3.63) is 12.0 Å². The number of ether oxygens (including phenoxy) is 3. The SMILES string of the molecule is CCOC(=O)[C@@H]1CCC(OC(C)=O)=CN1C(=O)OC. The molecule has 0 unspecified atom stereocenters. The molecular weight excluding hydrogens is 254 g/mol. The Morgan fingerprint density at radius 1 is 1.42 bits per heavy atom. The molecule has 0 aromatic rings. The van der Waals surface area contributed by atoms with Gasteiger partial charge in [-0.15, -0.1) is 0 Å². The fourth-order valence-corrected chi connectivity index (χ4v) is 1.74. The third-order valence-corrected chi connectivity index (χ3v) is 2.50. The Hall–Kier alpha value is -2.05. The Kier molecular flexibility index (Phi) is 5.35. The average Bonchev–Trinajstić information content (AvgIpc) is 2.37. The third kappa shape index (κ3) is 3.97. The van der Waals surface area contributed by atoms with Crippen molar-refractivity contribution in [2.45, 2.75) is 32.7 Å². The van der Waals surface area contributed by atoms with Gasteiger partial charge in [0, 0.05) is 19.5 Å². The first-order valence-corrected chi connectivity index (χ1v) is 5.91. The van der Waals surface area contributed by atoms with E-state index in [1.807, 2.05) is 0 Å². The zero-order valence-corrected chi connectivity index (χ0v) is 11.2. The molecule has 106 valence electrons. The number of hydrogen-bond donors (Lipinski definition) is 0. The van der Waals surface area contributed by atoms with E-state index >= 15 is 0 Å². The number of methoxy groups -OCH3 is 1. The summed E-state index contributed by atoms with van der Waals surface area (Å²) in [7, 11) is 1.21. The first-order valence-electron chi connectivity index (χ1n) is 5.91. The van der Waals surface area contributed by atoms with Crippen molar-refractivity contribution in [2.75, 3.05) is 13.7 Å². The van der Waals surface area contributed by atoms with Gasteiger partial charge in [0.2, 0.25) is 0 Å². The van der Waals surface area contributed by atoms with Crippen molar-refractivity contribution in [1.29, 1.82) is 0 Å². The van der Waals surface area contributed by atoms with Crippen LogP contribution in [0.15, 0.2) is 12.0 Å². The molecule has 0 aliphatic carbocycles. The number of carbonyl (C=O) groups excluding carboxylic acids is 3. The first kappa shape index (κ1) is 15.0. The van der Waals surface area contributed by atoms with Crippen LogP contribution in [0.4, 0.5) is 4.79 Å². The van der Waals surface area contributed by atoms with Crippen LogP contribution in [0.5, 0.6) is 0 Å². The highest BCUT2D eigenvalue weighted by Gasteiger charge is 2.34. The number of carbonyl (C=O) groups is 3. The fraction of sp³-hybridized carbons (Fsp3) is 0.583. The van der Waals surface area contributed by atoms with E-state index in [2.05, 4.69) is 4.74 Å². The van der Waals surface area contributed by atoms with Crippen molar-refractivity contribution in [3.8, 4) is 0 Å². The van der Waals surface area contributed by atoms with E-state index in [1.165, 1.54) is 20.2 Å². The van der Waals surface area contributed by atoms with Crippen LogP contribution in [0.2, 0.25) is 0 Å². The summed E-state index contributed by atoms with van der Waals surface area (Å²) in [5.74, 6) is -0.671. The molecule has 1 heterocycles. The summed E-state index contributed by atoms with van der Waals surface area (Å²) in [5.41, 5.74) is 0. The number of allylic oxidation sites excluding steroid dienone is 1. The minimum atomic E-state index is -0.758. The lowest BCUT2D eigenvalue weighted by molar-refractivity contribution is -0.148. The maximum absolute atomic E-state index is 11.7. The summed E-state index contributed by atoms with van der Waals surface area (Å²) in [6.45, 7) is 3.18. The molecule has 0 aromatic heterocycles. The molecule has 7 heteroatoms. The van der Waals surface area contributed by atoms with E-state index in [1.54, 1.807) is 6.92 Å². The average molecular weight is 271 g/mol. The predicted molar refractivity (Wildman–Crippen MR) is 63.7 cm³/mol. The Labute approximate surface area is 111 Å². The van der Waals surface area contributed by atoms with Crippen molar-refractivity contribution in [1.82, 2.24) is 4.90 Å². The van der Waals surface area contributed by atoms with Crippen molar-refractivity contribution < 1.29 is 28.6 Å². The fourth-order valence-electron chi connectivity index (χ4n) is 1.74. The normalized spacial score (nSPS) is 18.4. The van der Waals surface area contributed by atoms with E-state index < -0.39 is 24.1 Å². The maximum atomic E-state index is 11.7. The van der Waals surface area contributed by atoms with Crippen LogP contribution in [0.1, 0.15) is 26.7 Å². The van der Waals surface area contributed by atoms with Crippen LogP contribution in [0.25, 0.3) is 0 Å².